The SMILES string of the molecule is Cc1cc(-c2ccnc(Nc3cnn([C@H]4CCN(C)C4)c3)n2)ccc1CCC(=O)N1CCC(C(C)(C)C)C1. The van der Waals surface area contributed by atoms with E-state index in [9.17, 15) is 4.79 Å². The van der Waals surface area contributed by atoms with Crippen LogP contribution < -0.4 is 5.32 Å². The van der Waals surface area contributed by atoms with E-state index in [1.54, 1.807) is 6.20 Å². The maximum Gasteiger partial charge on any atom is 0.227 e. The topological polar surface area (TPSA) is 79.2 Å². The first-order valence-corrected chi connectivity index (χ1v) is 13.9. The smallest absolute Gasteiger partial charge is 0.227 e. The number of benzene rings is 1. The molecular weight excluding hydrogens is 474 g/mol. The molecule has 1 aromatic carbocycles. The molecule has 4 heterocycles. The summed E-state index contributed by atoms with van der Waals surface area (Å²) in [4.78, 5) is 26.4. The number of likely N-dealkylation sites (N-methyl/N-ethyl adjacent to an activating group) is 1. The first-order chi connectivity index (χ1) is 18.2. The molecule has 0 aliphatic carbocycles. The Balaban J connectivity index is 1.19. The van der Waals surface area contributed by atoms with Gasteiger partial charge >= 0.3 is 0 Å². The lowest BCUT2D eigenvalue weighted by molar-refractivity contribution is -0.130. The number of hydrogen-bond acceptors (Lipinski definition) is 6. The number of carbonyl (C=O) groups excluding carboxylic acids is 1. The Morgan fingerprint density at radius 2 is 1.97 bits per heavy atom. The molecule has 3 aromatic rings. The van der Waals surface area contributed by atoms with Gasteiger partial charge < -0.3 is 15.1 Å². The fraction of sp³-hybridized carbons (Fsp3) is 0.533. The van der Waals surface area contributed by atoms with Crippen molar-refractivity contribution in [2.45, 2.75) is 59.4 Å². The molecule has 0 radical (unpaired) electrons. The molecule has 38 heavy (non-hydrogen) atoms. The highest BCUT2D eigenvalue weighted by Crippen LogP contribution is 2.34. The Morgan fingerprint density at radius 3 is 2.68 bits per heavy atom. The molecule has 0 saturated carbocycles. The zero-order valence-corrected chi connectivity index (χ0v) is 23.4. The third-order valence-corrected chi connectivity index (χ3v) is 8.27. The summed E-state index contributed by atoms with van der Waals surface area (Å²) in [6, 6.07) is 8.73. The summed E-state index contributed by atoms with van der Waals surface area (Å²) in [7, 11) is 2.15. The van der Waals surface area contributed by atoms with Crippen LogP contribution in [0.15, 0.2) is 42.9 Å². The Bertz CT molecular complexity index is 1280. The van der Waals surface area contributed by atoms with Crippen LogP contribution in [-0.4, -0.2) is 68.7 Å². The largest absolute Gasteiger partial charge is 0.342 e. The lowest BCUT2D eigenvalue weighted by Crippen LogP contribution is -2.31. The average Bonchev–Trinajstić information content (AvgIpc) is 3.64. The van der Waals surface area contributed by atoms with Crippen LogP contribution in [0.4, 0.5) is 11.6 Å². The van der Waals surface area contributed by atoms with Gasteiger partial charge in [0.25, 0.3) is 0 Å². The van der Waals surface area contributed by atoms with Crippen molar-refractivity contribution in [3.8, 4) is 11.3 Å². The fourth-order valence-corrected chi connectivity index (χ4v) is 5.67. The Kier molecular flexibility index (Phi) is 7.52. The molecule has 2 saturated heterocycles. The number of rotatable bonds is 7. The maximum absolute atomic E-state index is 12.9. The summed E-state index contributed by atoms with van der Waals surface area (Å²) in [5, 5.41) is 7.85. The Labute approximate surface area is 226 Å². The molecular formula is C30H41N7O. The van der Waals surface area contributed by atoms with Crippen molar-refractivity contribution in [3.63, 3.8) is 0 Å². The van der Waals surface area contributed by atoms with Gasteiger partial charge in [0.1, 0.15) is 0 Å². The summed E-state index contributed by atoms with van der Waals surface area (Å²) in [6.45, 7) is 12.8. The van der Waals surface area contributed by atoms with E-state index in [1.165, 1.54) is 11.1 Å². The van der Waals surface area contributed by atoms with Gasteiger partial charge in [-0.3, -0.25) is 9.48 Å². The van der Waals surface area contributed by atoms with Gasteiger partial charge in [0.2, 0.25) is 11.9 Å². The van der Waals surface area contributed by atoms with Crippen molar-refractivity contribution in [2.75, 3.05) is 38.5 Å². The van der Waals surface area contributed by atoms with E-state index < -0.39 is 0 Å². The third kappa shape index (κ3) is 6.07. The minimum Gasteiger partial charge on any atom is -0.342 e. The number of nitrogens with one attached hydrogen (secondary N) is 1. The first-order valence-electron chi connectivity index (χ1n) is 13.9. The molecule has 202 valence electrons. The zero-order valence-electron chi connectivity index (χ0n) is 23.4. The van der Waals surface area contributed by atoms with E-state index in [1.807, 2.05) is 23.1 Å². The van der Waals surface area contributed by atoms with Gasteiger partial charge in [-0.15, -0.1) is 0 Å². The molecule has 1 N–H and O–H groups in total. The van der Waals surface area contributed by atoms with Crippen LogP contribution in [-0.2, 0) is 11.2 Å². The predicted octanol–water partition coefficient (Wildman–Crippen LogP) is 5.10. The van der Waals surface area contributed by atoms with Crippen molar-refractivity contribution in [1.82, 2.24) is 29.5 Å². The number of likely N-dealkylation sites (tertiary alicyclic amines) is 2. The predicted molar refractivity (Wildman–Crippen MR) is 151 cm³/mol. The van der Waals surface area contributed by atoms with Gasteiger partial charge in [0.15, 0.2) is 0 Å². The third-order valence-electron chi connectivity index (χ3n) is 8.27. The second-order valence-electron chi connectivity index (χ2n) is 12.1. The second-order valence-corrected chi connectivity index (χ2v) is 12.1. The highest BCUT2D eigenvalue weighted by molar-refractivity contribution is 5.77. The van der Waals surface area contributed by atoms with Crippen LogP contribution in [0.1, 0.15) is 57.2 Å². The minimum absolute atomic E-state index is 0.257. The van der Waals surface area contributed by atoms with Crippen LogP contribution in [0.25, 0.3) is 11.3 Å². The van der Waals surface area contributed by atoms with Crippen LogP contribution in [0, 0.1) is 18.3 Å². The summed E-state index contributed by atoms with van der Waals surface area (Å²) in [5.41, 5.74) is 5.45. The number of anilines is 2. The van der Waals surface area contributed by atoms with Crippen LogP contribution in [0.5, 0.6) is 0 Å². The molecule has 2 aromatic heterocycles. The maximum atomic E-state index is 12.9. The van der Waals surface area contributed by atoms with Crippen molar-refractivity contribution in [2.24, 2.45) is 11.3 Å². The lowest BCUT2D eigenvalue weighted by atomic mass is 9.80. The highest BCUT2D eigenvalue weighted by atomic mass is 16.2. The van der Waals surface area contributed by atoms with E-state index in [0.29, 0.717) is 24.3 Å². The molecule has 8 nitrogen and oxygen atoms in total. The van der Waals surface area contributed by atoms with Crippen molar-refractivity contribution in [3.05, 3.63) is 54.0 Å². The van der Waals surface area contributed by atoms with Crippen LogP contribution >= 0.6 is 0 Å². The molecule has 1 amide bonds. The molecule has 5 rings (SSSR count). The van der Waals surface area contributed by atoms with Crippen LogP contribution in [0.3, 0.4) is 0 Å². The highest BCUT2D eigenvalue weighted by Gasteiger charge is 2.33. The number of aryl methyl sites for hydroxylation is 2. The number of amides is 1. The quantitative estimate of drug-likeness (QED) is 0.472. The second kappa shape index (κ2) is 10.8. The van der Waals surface area contributed by atoms with E-state index in [2.05, 4.69) is 78.1 Å². The van der Waals surface area contributed by atoms with Crippen LogP contribution in [0.2, 0.25) is 0 Å². The number of hydrogen-bond donors (Lipinski definition) is 1. The summed E-state index contributed by atoms with van der Waals surface area (Å²) >= 11 is 0. The molecule has 0 bridgehead atoms. The molecule has 2 aliphatic rings. The lowest BCUT2D eigenvalue weighted by Gasteiger charge is -2.27. The number of nitrogens with zero attached hydrogens (tertiary/aromatic N) is 6. The van der Waals surface area contributed by atoms with Crippen molar-refractivity contribution >= 4 is 17.5 Å². The molecule has 0 spiro atoms. The summed E-state index contributed by atoms with van der Waals surface area (Å²) in [5.74, 6) is 1.41. The van der Waals surface area contributed by atoms with Gasteiger partial charge in [-0.05, 0) is 74.4 Å². The van der Waals surface area contributed by atoms with Crippen molar-refractivity contribution in [1.29, 1.82) is 0 Å². The average molecular weight is 516 g/mol. The minimum atomic E-state index is 0.257. The monoisotopic (exact) mass is 515 g/mol. The Morgan fingerprint density at radius 1 is 1.13 bits per heavy atom. The Hall–Kier alpha value is -3.26. The normalized spacial score (nSPS) is 20.3. The van der Waals surface area contributed by atoms with Gasteiger partial charge in [-0.25, -0.2) is 9.97 Å². The van der Waals surface area contributed by atoms with E-state index in [-0.39, 0.29) is 11.3 Å². The van der Waals surface area contributed by atoms with Gasteiger partial charge in [-0.1, -0.05) is 32.9 Å². The summed E-state index contributed by atoms with van der Waals surface area (Å²) in [6.07, 6.45) is 9.19. The number of carbonyl (C=O) groups is 1. The molecule has 2 atom stereocenters. The molecule has 1 unspecified atom stereocenters. The molecule has 2 fully saturated rings. The standard InChI is InChI=1S/C30H41N7O/c1-21-16-23(7-6-22(21)8-9-28(38)36-15-11-24(18-36)30(2,3)4)27-10-13-31-29(34-27)33-25-17-32-37(19-25)26-12-14-35(5)20-26/h6-7,10,13,16-17,19,24,26H,8-9,11-12,14-15,18,20H2,1-5H3,(H,31,33,34)/t24?,26-/m0/s1. The van der Waals surface area contributed by atoms with Crippen molar-refractivity contribution < 1.29 is 4.79 Å². The van der Waals surface area contributed by atoms with E-state index in [4.69, 9.17) is 4.98 Å². The first kappa shape index (κ1) is 26.4. The summed E-state index contributed by atoms with van der Waals surface area (Å²) < 4.78 is 2.04. The van der Waals surface area contributed by atoms with E-state index >= 15 is 0 Å². The number of aromatic nitrogens is 4. The van der Waals surface area contributed by atoms with Gasteiger partial charge in [-0.2, -0.15) is 5.10 Å². The fourth-order valence-electron chi connectivity index (χ4n) is 5.67. The molecule has 2 aliphatic heterocycles. The van der Waals surface area contributed by atoms with Gasteiger partial charge in [0, 0.05) is 44.0 Å². The zero-order chi connectivity index (χ0) is 26.9. The van der Waals surface area contributed by atoms with E-state index in [0.717, 1.165) is 62.4 Å². The van der Waals surface area contributed by atoms with Gasteiger partial charge in [0.05, 0.1) is 23.6 Å². The molecule has 8 heteroatoms.